The van der Waals surface area contributed by atoms with E-state index in [-0.39, 0.29) is 31.2 Å². The molecular formula is C31H30F6N4O3. The van der Waals surface area contributed by atoms with Gasteiger partial charge in [0.05, 0.1) is 11.5 Å². The molecule has 2 saturated heterocycles. The Labute approximate surface area is 249 Å². The van der Waals surface area contributed by atoms with Crippen molar-refractivity contribution in [1.29, 1.82) is 0 Å². The Morgan fingerprint density at radius 3 is 2.16 bits per heavy atom. The molecule has 2 aliphatic rings. The number of pyridine rings is 1. The molecule has 234 valence electrons. The van der Waals surface area contributed by atoms with Crippen LogP contribution in [0.2, 0.25) is 0 Å². The maximum absolute atomic E-state index is 13.7. The molecule has 2 aliphatic heterocycles. The second kappa shape index (κ2) is 12.5. The van der Waals surface area contributed by atoms with Crippen LogP contribution in [0.25, 0.3) is 11.1 Å². The molecule has 5 rings (SSSR count). The molecule has 0 spiro atoms. The number of halogens is 6. The minimum Gasteiger partial charge on any atom is -0.481 e. The van der Waals surface area contributed by atoms with E-state index in [1.807, 2.05) is 4.90 Å². The summed E-state index contributed by atoms with van der Waals surface area (Å²) in [5.41, 5.74) is 1.39. The molecule has 3 aromatic rings. The third-order valence-electron chi connectivity index (χ3n) is 8.21. The summed E-state index contributed by atoms with van der Waals surface area (Å²) in [7, 11) is 0. The lowest BCUT2D eigenvalue weighted by molar-refractivity contribution is -0.177. The standard InChI is InChI=1S/C31H30F6N4O3/c32-30(33,34)23-7-3-19(4-8-23)25-17-38-27(16-22(25)18-41-13-1-2-26(41)31(35,36)37)39-28(42)20-5-9-24(10-6-20)40-14-11-21(12-15-40)29(43)44/h3-10,16-17,21,26H,1-2,11-15,18H2,(H,43,44)(H,38,39,42). The lowest BCUT2D eigenvalue weighted by Crippen LogP contribution is -2.40. The van der Waals surface area contributed by atoms with E-state index in [1.165, 1.54) is 29.3 Å². The number of aliphatic carboxylic acids is 1. The largest absolute Gasteiger partial charge is 0.481 e. The van der Waals surface area contributed by atoms with E-state index in [0.717, 1.165) is 17.8 Å². The highest BCUT2D eigenvalue weighted by Crippen LogP contribution is 2.36. The van der Waals surface area contributed by atoms with Crippen LogP contribution in [-0.4, -0.2) is 58.7 Å². The van der Waals surface area contributed by atoms with Crippen LogP contribution in [0.3, 0.4) is 0 Å². The number of nitrogens with one attached hydrogen (secondary N) is 1. The van der Waals surface area contributed by atoms with Gasteiger partial charge in [-0.15, -0.1) is 0 Å². The van der Waals surface area contributed by atoms with Crippen molar-refractivity contribution < 1.29 is 41.0 Å². The van der Waals surface area contributed by atoms with E-state index in [4.69, 9.17) is 0 Å². The van der Waals surface area contributed by atoms with Crippen LogP contribution >= 0.6 is 0 Å². The predicted octanol–water partition coefficient (Wildman–Crippen LogP) is 6.85. The zero-order chi connectivity index (χ0) is 31.6. The van der Waals surface area contributed by atoms with E-state index in [0.29, 0.717) is 54.6 Å². The van der Waals surface area contributed by atoms with E-state index >= 15 is 0 Å². The first-order valence-electron chi connectivity index (χ1n) is 14.2. The van der Waals surface area contributed by atoms with Crippen molar-refractivity contribution in [1.82, 2.24) is 9.88 Å². The van der Waals surface area contributed by atoms with E-state index < -0.39 is 35.8 Å². The summed E-state index contributed by atoms with van der Waals surface area (Å²) in [6, 6.07) is 10.9. The quantitative estimate of drug-likeness (QED) is 0.281. The molecule has 0 radical (unpaired) electrons. The monoisotopic (exact) mass is 620 g/mol. The molecule has 2 fully saturated rings. The first-order chi connectivity index (χ1) is 20.8. The third-order valence-corrected chi connectivity index (χ3v) is 8.21. The van der Waals surface area contributed by atoms with Gasteiger partial charge in [-0.1, -0.05) is 12.1 Å². The summed E-state index contributed by atoms with van der Waals surface area (Å²) in [6.45, 7) is 1.21. The molecular weight excluding hydrogens is 590 g/mol. The number of carbonyl (C=O) groups excluding carboxylic acids is 1. The van der Waals surface area contributed by atoms with Crippen LogP contribution < -0.4 is 10.2 Å². The molecule has 2 aromatic carbocycles. The predicted molar refractivity (Wildman–Crippen MR) is 151 cm³/mol. The van der Waals surface area contributed by atoms with Gasteiger partial charge >= 0.3 is 18.3 Å². The number of rotatable bonds is 7. The fourth-order valence-electron chi connectivity index (χ4n) is 5.80. The first kappa shape index (κ1) is 31.3. The number of hydrogen-bond acceptors (Lipinski definition) is 5. The number of amides is 1. The van der Waals surface area contributed by atoms with Gasteiger partial charge in [-0.3, -0.25) is 14.5 Å². The highest BCUT2D eigenvalue weighted by atomic mass is 19.4. The SMILES string of the molecule is O=C(Nc1cc(CN2CCCC2C(F)(F)F)c(-c2ccc(C(F)(F)F)cc2)cn1)c1ccc(N2CCC(C(=O)O)CC2)cc1. The number of piperidine rings is 1. The highest BCUT2D eigenvalue weighted by Gasteiger charge is 2.45. The van der Waals surface area contributed by atoms with Gasteiger partial charge in [-0.05, 0) is 85.8 Å². The van der Waals surface area contributed by atoms with Gasteiger partial charge in [0, 0.05) is 42.6 Å². The minimum absolute atomic E-state index is 0.0542. The van der Waals surface area contributed by atoms with Crippen molar-refractivity contribution in [2.75, 3.05) is 29.9 Å². The molecule has 3 heterocycles. The van der Waals surface area contributed by atoms with E-state index in [9.17, 15) is 41.0 Å². The van der Waals surface area contributed by atoms with Crippen molar-refractivity contribution in [2.45, 2.75) is 50.6 Å². The molecule has 1 aromatic heterocycles. The highest BCUT2D eigenvalue weighted by molar-refractivity contribution is 6.04. The number of aromatic nitrogens is 1. The Hall–Kier alpha value is -4.13. The van der Waals surface area contributed by atoms with Crippen molar-refractivity contribution >= 4 is 23.4 Å². The Balaban J connectivity index is 1.36. The normalized spacial score (nSPS) is 18.4. The number of carbonyl (C=O) groups is 2. The van der Waals surface area contributed by atoms with Gasteiger partial charge in [0.25, 0.3) is 5.91 Å². The maximum atomic E-state index is 13.7. The average molecular weight is 621 g/mol. The average Bonchev–Trinajstić information content (AvgIpc) is 3.46. The van der Waals surface area contributed by atoms with Crippen molar-refractivity contribution in [3.05, 3.63) is 77.5 Å². The summed E-state index contributed by atoms with van der Waals surface area (Å²) in [5, 5.41) is 11.9. The van der Waals surface area contributed by atoms with Crippen LogP contribution in [-0.2, 0) is 17.5 Å². The van der Waals surface area contributed by atoms with Crippen LogP contribution in [0.1, 0.15) is 47.2 Å². The van der Waals surface area contributed by atoms with Gasteiger partial charge < -0.3 is 15.3 Å². The second-order valence-corrected chi connectivity index (χ2v) is 11.1. The number of nitrogens with zero attached hydrogens (tertiary/aromatic N) is 3. The van der Waals surface area contributed by atoms with Crippen molar-refractivity contribution in [2.24, 2.45) is 5.92 Å². The Bertz CT molecular complexity index is 1480. The number of benzene rings is 2. The summed E-state index contributed by atoms with van der Waals surface area (Å²) >= 11 is 0. The molecule has 0 saturated carbocycles. The van der Waals surface area contributed by atoms with Crippen LogP contribution in [0.4, 0.5) is 37.8 Å². The Morgan fingerprint density at radius 2 is 1.57 bits per heavy atom. The molecule has 0 aliphatic carbocycles. The minimum atomic E-state index is -4.54. The lowest BCUT2D eigenvalue weighted by atomic mass is 9.96. The number of alkyl halides is 6. The zero-order valence-corrected chi connectivity index (χ0v) is 23.5. The Morgan fingerprint density at radius 1 is 0.909 bits per heavy atom. The van der Waals surface area contributed by atoms with E-state index in [2.05, 4.69) is 10.3 Å². The maximum Gasteiger partial charge on any atom is 0.416 e. The van der Waals surface area contributed by atoms with Gasteiger partial charge in [0.2, 0.25) is 0 Å². The Kier molecular flexibility index (Phi) is 8.87. The molecule has 0 bridgehead atoms. The number of carboxylic acids is 1. The smallest absolute Gasteiger partial charge is 0.416 e. The molecule has 1 amide bonds. The first-order valence-corrected chi connectivity index (χ1v) is 14.2. The van der Waals surface area contributed by atoms with Gasteiger partial charge in [0.1, 0.15) is 11.9 Å². The molecule has 44 heavy (non-hydrogen) atoms. The van der Waals surface area contributed by atoms with Crippen molar-refractivity contribution in [3.8, 4) is 11.1 Å². The summed E-state index contributed by atoms with van der Waals surface area (Å²) in [6.07, 6.45) is -6.30. The fraction of sp³-hybridized carbons (Fsp3) is 0.387. The van der Waals surface area contributed by atoms with Gasteiger partial charge in [-0.2, -0.15) is 26.3 Å². The van der Waals surface area contributed by atoms with E-state index in [1.54, 1.807) is 24.3 Å². The summed E-state index contributed by atoms with van der Waals surface area (Å²) in [5.74, 6) is -1.59. The molecule has 13 heteroatoms. The molecule has 7 nitrogen and oxygen atoms in total. The zero-order valence-electron chi connectivity index (χ0n) is 23.5. The van der Waals surface area contributed by atoms with Crippen LogP contribution in [0.15, 0.2) is 60.8 Å². The summed E-state index contributed by atoms with van der Waals surface area (Å²) < 4.78 is 80.4. The molecule has 1 atom stereocenters. The molecule has 1 unspecified atom stereocenters. The summed E-state index contributed by atoms with van der Waals surface area (Å²) in [4.78, 5) is 31.8. The van der Waals surface area contributed by atoms with Gasteiger partial charge in [-0.25, -0.2) is 4.98 Å². The van der Waals surface area contributed by atoms with Gasteiger partial charge in [0.15, 0.2) is 0 Å². The number of hydrogen-bond donors (Lipinski definition) is 2. The third kappa shape index (κ3) is 7.15. The van der Waals surface area contributed by atoms with Crippen LogP contribution in [0.5, 0.6) is 0 Å². The van der Waals surface area contributed by atoms with Crippen molar-refractivity contribution in [3.63, 3.8) is 0 Å². The lowest BCUT2D eigenvalue weighted by Gasteiger charge is -2.32. The number of anilines is 2. The topological polar surface area (TPSA) is 85.8 Å². The molecule has 2 N–H and O–H groups in total. The number of carboxylic acid groups (broad SMARTS) is 1. The van der Waals surface area contributed by atoms with Crippen LogP contribution in [0, 0.1) is 5.92 Å². The fourth-order valence-corrected chi connectivity index (χ4v) is 5.80. The number of likely N-dealkylation sites (tertiary alicyclic amines) is 1. The second-order valence-electron chi connectivity index (χ2n) is 11.1.